The van der Waals surface area contributed by atoms with Crippen LogP contribution in [0.2, 0.25) is 0 Å². The van der Waals surface area contributed by atoms with Crippen molar-refractivity contribution in [3.8, 4) is 0 Å². The first-order valence-electron chi connectivity index (χ1n) is 9.08. The Bertz CT molecular complexity index is 630. The molecule has 1 N–H and O–H groups in total. The number of nitrogens with zero attached hydrogens (tertiary/aromatic N) is 2. The number of benzene rings is 1. The second kappa shape index (κ2) is 9.07. The molecule has 2 aromatic rings. The summed E-state index contributed by atoms with van der Waals surface area (Å²) in [5.74, 6) is 0.513. The van der Waals surface area contributed by atoms with Crippen LogP contribution in [-0.2, 0) is 0 Å². The minimum absolute atomic E-state index is 0.127. The molecule has 2 heterocycles. The lowest BCUT2D eigenvalue weighted by molar-refractivity contribution is 0.155. The molecule has 1 aromatic carbocycles. The maximum atomic E-state index is 13.3. The van der Waals surface area contributed by atoms with Gasteiger partial charge in [-0.15, -0.1) is 0 Å². The molecular weight excluding hydrogens is 315 g/mol. The van der Waals surface area contributed by atoms with E-state index in [0.29, 0.717) is 5.92 Å². The van der Waals surface area contributed by atoms with Crippen molar-refractivity contribution in [2.75, 3.05) is 26.2 Å². The number of rotatable bonds is 7. The van der Waals surface area contributed by atoms with Gasteiger partial charge in [-0.05, 0) is 73.5 Å². The van der Waals surface area contributed by atoms with Gasteiger partial charge in [0.25, 0.3) is 0 Å². The van der Waals surface area contributed by atoms with E-state index in [9.17, 15) is 9.50 Å². The number of aliphatic hydroxyl groups is 1. The van der Waals surface area contributed by atoms with Crippen molar-refractivity contribution in [3.63, 3.8) is 0 Å². The van der Waals surface area contributed by atoms with Gasteiger partial charge >= 0.3 is 0 Å². The molecule has 1 aliphatic heterocycles. The Labute approximate surface area is 149 Å². The van der Waals surface area contributed by atoms with Crippen LogP contribution in [0.3, 0.4) is 0 Å². The molecule has 0 amide bonds. The van der Waals surface area contributed by atoms with Gasteiger partial charge in [-0.25, -0.2) is 4.39 Å². The van der Waals surface area contributed by atoms with E-state index in [1.165, 1.54) is 30.5 Å². The van der Waals surface area contributed by atoms with Gasteiger partial charge in [0.15, 0.2) is 0 Å². The van der Waals surface area contributed by atoms with Crippen molar-refractivity contribution in [3.05, 3.63) is 72.2 Å². The number of aliphatic hydroxyl groups excluding tert-OH is 1. The summed E-state index contributed by atoms with van der Waals surface area (Å²) in [5.41, 5.74) is 2.27. The zero-order chi connectivity index (χ0) is 17.5. The largest absolute Gasteiger partial charge is 0.396 e. The minimum Gasteiger partial charge on any atom is -0.396 e. The van der Waals surface area contributed by atoms with E-state index in [-0.39, 0.29) is 18.3 Å². The van der Waals surface area contributed by atoms with Gasteiger partial charge in [-0.3, -0.25) is 4.98 Å². The van der Waals surface area contributed by atoms with Crippen LogP contribution in [-0.4, -0.2) is 41.2 Å². The average Bonchev–Trinajstić information content (AvgIpc) is 2.65. The highest BCUT2D eigenvalue weighted by atomic mass is 19.1. The van der Waals surface area contributed by atoms with E-state index < -0.39 is 0 Å². The fraction of sp³-hybridized carbons (Fsp3) is 0.429. The van der Waals surface area contributed by atoms with E-state index in [1.807, 2.05) is 24.3 Å². The standard InChI is InChI=1S/C21H26FN2O/c22-20-5-3-18(4-6-20)21(19-7-11-23-12-8-19)9-14-24-13-1-2-17(16-24)10-15-25/h3-9,11-12,17,21,25H,1-2,10,13-16H2. The molecule has 1 aliphatic rings. The number of pyridine rings is 1. The maximum absolute atomic E-state index is 13.3. The quantitative estimate of drug-likeness (QED) is 0.835. The molecule has 0 saturated carbocycles. The zero-order valence-corrected chi connectivity index (χ0v) is 14.5. The summed E-state index contributed by atoms with van der Waals surface area (Å²) >= 11 is 0. The molecule has 1 saturated heterocycles. The van der Waals surface area contributed by atoms with Crippen LogP contribution in [0, 0.1) is 18.2 Å². The first-order valence-corrected chi connectivity index (χ1v) is 9.08. The molecule has 3 rings (SSSR count). The zero-order valence-electron chi connectivity index (χ0n) is 14.5. The Kier molecular flexibility index (Phi) is 6.54. The third kappa shape index (κ3) is 5.10. The number of aromatic nitrogens is 1. The molecular formula is C21H26FN2O. The van der Waals surface area contributed by atoms with Crippen molar-refractivity contribution in [1.29, 1.82) is 0 Å². The van der Waals surface area contributed by atoms with E-state index in [2.05, 4.69) is 16.3 Å². The summed E-state index contributed by atoms with van der Waals surface area (Å²) in [6, 6.07) is 10.8. The predicted octanol–water partition coefficient (Wildman–Crippen LogP) is 3.65. The lowest BCUT2D eigenvalue weighted by atomic mass is 9.88. The third-order valence-corrected chi connectivity index (χ3v) is 5.03. The molecule has 0 bridgehead atoms. The fourth-order valence-electron chi connectivity index (χ4n) is 3.70. The number of piperidine rings is 1. The summed E-state index contributed by atoms with van der Waals surface area (Å²) in [6.45, 7) is 3.32. The molecule has 1 aromatic heterocycles. The molecule has 1 fully saturated rings. The van der Waals surface area contributed by atoms with E-state index >= 15 is 0 Å². The van der Waals surface area contributed by atoms with Crippen LogP contribution in [0.25, 0.3) is 0 Å². The first kappa shape index (κ1) is 18.0. The van der Waals surface area contributed by atoms with E-state index in [0.717, 1.165) is 31.6 Å². The minimum atomic E-state index is -0.208. The SMILES string of the molecule is OCCC1CCCN(C[CH]C(c2ccncc2)c2ccc(F)cc2)C1. The summed E-state index contributed by atoms with van der Waals surface area (Å²) in [7, 11) is 0. The topological polar surface area (TPSA) is 36.4 Å². The van der Waals surface area contributed by atoms with Gasteiger partial charge in [0.2, 0.25) is 0 Å². The summed E-state index contributed by atoms with van der Waals surface area (Å²) in [6.07, 6.45) is 9.21. The fourth-order valence-corrected chi connectivity index (χ4v) is 3.70. The van der Waals surface area contributed by atoms with Gasteiger partial charge in [-0.1, -0.05) is 12.1 Å². The first-order chi connectivity index (χ1) is 12.3. The van der Waals surface area contributed by atoms with Gasteiger partial charge < -0.3 is 10.0 Å². The number of hydrogen-bond donors (Lipinski definition) is 1. The molecule has 0 spiro atoms. The summed E-state index contributed by atoms with van der Waals surface area (Å²) < 4.78 is 13.3. The highest BCUT2D eigenvalue weighted by molar-refractivity contribution is 5.34. The smallest absolute Gasteiger partial charge is 0.123 e. The Morgan fingerprint density at radius 1 is 1.16 bits per heavy atom. The molecule has 2 atom stereocenters. The monoisotopic (exact) mass is 341 g/mol. The Hall–Kier alpha value is -1.78. The summed E-state index contributed by atoms with van der Waals surface area (Å²) in [4.78, 5) is 6.57. The Morgan fingerprint density at radius 3 is 2.60 bits per heavy atom. The van der Waals surface area contributed by atoms with Gasteiger partial charge in [-0.2, -0.15) is 0 Å². The highest BCUT2D eigenvalue weighted by Gasteiger charge is 2.21. The van der Waals surface area contributed by atoms with Crippen LogP contribution in [0.4, 0.5) is 4.39 Å². The van der Waals surface area contributed by atoms with Crippen LogP contribution >= 0.6 is 0 Å². The van der Waals surface area contributed by atoms with Crippen LogP contribution < -0.4 is 0 Å². The lowest BCUT2D eigenvalue weighted by Crippen LogP contribution is -2.37. The Balaban J connectivity index is 1.69. The molecule has 3 nitrogen and oxygen atoms in total. The molecule has 0 aliphatic carbocycles. The average molecular weight is 341 g/mol. The maximum Gasteiger partial charge on any atom is 0.123 e. The molecule has 2 unspecified atom stereocenters. The van der Waals surface area contributed by atoms with E-state index in [4.69, 9.17) is 0 Å². The second-order valence-electron chi connectivity index (χ2n) is 6.83. The number of halogens is 1. The molecule has 25 heavy (non-hydrogen) atoms. The van der Waals surface area contributed by atoms with Crippen molar-refractivity contribution in [2.45, 2.75) is 25.2 Å². The molecule has 133 valence electrons. The second-order valence-corrected chi connectivity index (χ2v) is 6.83. The van der Waals surface area contributed by atoms with Crippen LogP contribution in [0.1, 0.15) is 36.3 Å². The molecule has 1 radical (unpaired) electrons. The number of likely N-dealkylation sites (tertiary alicyclic amines) is 1. The third-order valence-electron chi connectivity index (χ3n) is 5.03. The van der Waals surface area contributed by atoms with Crippen molar-refractivity contribution in [1.82, 2.24) is 9.88 Å². The summed E-state index contributed by atoms with van der Waals surface area (Å²) in [5, 5.41) is 9.18. The van der Waals surface area contributed by atoms with Gasteiger partial charge in [0.1, 0.15) is 5.82 Å². The Morgan fingerprint density at radius 2 is 1.88 bits per heavy atom. The van der Waals surface area contributed by atoms with Gasteiger partial charge in [0.05, 0.1) is 0 Å². The normalized spacial score (nSPS) is 19.7. The lowest BCUT2D eigenvalue weighted by Gasteiger charge is -2.33. The highest BCUT2D eigenvalue weighted by Crippen LogP contribution is 2.28. The van der Waals surface area contributed by atoms with Crippen LogP contribution in [0.15, 0.2) is 48.8 Å². The van der Waals surface area contributed by atoms with Crippen molar-refractivity contribution >= 4 is 0 Å². The van der Waals surface area contributed by atoms with E-state index in [1.54, 1.807) is 12.4 Å². The number of hydrogen-bond acceptors (Lipinski definition) is 3. The van der Waals surface area contributed by atoms with Crippen molar-refractivity contribution in [2.24, 2.45) is 5.92 Å². The van der Waals surface area contributed by atoms with Crippen LogP contribution in [0.5, 0.6) is 0 Å². The molecule has 4 heteroatoms. The van der Waals surface area contributed by atoms with Gasteiger partial charge in [0, 0.05) is 38.0 Å². The van der Waals surface area contributed by atoms with Crippen molar-refractivity contribution < 1.29 is 9.50 Å². The predicted molar refractivity (Wildman–Crippen MR) is 97.6 cm³/mol.